The Labute approximate surface area is 135 Å². The highest BCUT2D eigenvalue weighted by molar-refractivity contribution is 7.99. The number of rotatable bonds is 3. The Hall–Kier alpha value is -1.22. The van der Waals surface area contributed by atoms with E-state index in [1.807, 2.05) is 25.9 Å². The van der Waals surface area contributed by atoms with Gasteiger partial charge in [-0.25, -0.2) is 0 Å². The van der Waals surface area contributed by atoms with E-state index >= 15 is 0 Å². The van der Waals surface area contributed by atoms with Crippen LogP contribution in [0.4, 0.5) is 0 Å². The normalized spacial score (nSPS) is 14.6. The molecular weight excluding hydrogens is 298 g/mol. The van der Waals surface area contributed by atoms with Crippen LogP contribution < -0.4 is 0 Å². The Morgan fingerprint density at radius 3 is 2.05 bits per heavy atom. The van der Waals surface area contributed by atoms with E-state index < -0.39 is 0 Å². The highest BCUT2D eigenvalue weighted by Gasteiger charge is 2.20. The minimum Gasteiger partial charge on any atom is -0.308 e. The summed E-state index contributed by atoms with van der Waals surface area (Å²) in [5.41, 5.74) is 3.82. The molecule has 3 heteroatoms. The summed E-state index contributed by atoms with van der Waals surface area (Å²) in [6.07, 6.45) is 2.19. The van der Waals surface area contributed by atoms with Gasteiger partial charge < -0.3 is 4.90 Å². The molecule has 2 aromatic carbocycles. The van der Waals surface area contributed by atoms with Crippen molar-refractivity contribution < 1.29 is 0 Å². The van der Waals surface area contributed by atoms with Crippen molar-refractivity contribution in [1.82, 2.24) is 4.90 Å². The first-order valence-corrected chi connectivity index (χ1v) is 8.28. The molecule has 0 saturated heterocycles. The standard InChI is InChI=1S/C18H18ClNS/c1-20(2)12-13(19)11-16-14-7-3-5-9-17(14)21-18-10-6-4-8-15(16)18/h3-11,13H,12H2,1-2H3. The largest absolute Gasteiger partial charge is 0.308 e. The summed E-state index contributed by atoms with van der Waals surface area (Å²) in [4.78, 5) is 4.72. The lowest BCUT2D eigenvalue weighted by Gasteiger charge is -2.23. The maximum absolute atomic E-state index is 6.52. The molecule has 3 rings (SSSR count). The predicted molar refractivity (Wildman–Crippen MR) is 92.3 cm³/mol. The topological polar surface area (TPSA) is 3.24 Å². The van der Waals surface area contributed by atoms with Crippen molar-refractivity contribution in [1.29, 1.82) is 0 Å². The second-order valence-electron chi connectivity index (χ2n) is 5.45. The van der Waals surface area contributed by atoms with Crippen molar-refractivity contribution in [2.24, 2.45) is 0 Å². The van der Waals surface area contributed by atoms with Gasteiger partial charge in [0, 0.05) is 16.3 Å². The fourth-order valence-corrected chi connectivity index (χ4v) is 4.09. The highest BCUT2D eigenvalue weighted by Crippen LogP contribution is 2.45. The van der Waals surface area contributed by atoms with Gasteiger partial charge in [0.2, 0.25) is 0 Å². The summed E-state index contributed by atoms with van der Waals surface area (Å²) in [6, 6.07) is 17.1. The van der Waals surface area contributed by atoms with E-state index in [0.717, 1.165) is 6.54 Å². The Balaban J connectivity index is 2.08. The fourth-order valence-electron chi connectivity index (χ4n) is 2.58. The number of fused-ring (bicyclic) bond motifs is 2. The van der Waals surface area contributed by atoms with Gasteiger partial charge in [-0.15, -0.1) is 11.6 Å². The lowest BCUT2D eigenvalue weighted by molar-refractivity contribution is 0.420. The minimum absolute atomic E-state index is 0.000729. The van der Waals surface area contributed by atoms with Crippen LogP contribution in [0.2, 0.25) is 0 Å². The second-order valence-corrected chi connectivity index (χ2v) is 7.10. The van der Waals surface area contributed by atoms with Gasteiger partial charge >= 0.3 is 0 Å². The molecule has 0 aliphatic carbocycles. The Kier molecular flexibility index (Phi) is 4.39. The average molecular weight is 316 g/mol. The summed E-state index contributed by atoms with van der Waals surface area (Å²) < 4.78 is 0. The number of alkyl halides is 1. The van der Waals surface area contributed by atoms with Gasteiger partial charge in [0.05, 0.1) is 5.38 Å². The zero-order valence-electron chi connectivity index (χ0n) is 12.2. The van der Waals surface area contributed by atoms with E-state index in [0.29, 0.717) is 0 Å². The molecule has 21 heavy (non-hydrogen) atoms. The summed E-state index contributed by atoms with van der Waals surface area (Å²) >= 11 is 8.35. The van der Waals surface area contributed by atoms with E-state index in [1.165, 1.54) is 26.5 Å². The summed E-state index contributed by atoms with van der Waals surface area (Å²) in [6.45, 7) is 0.836. The highest BCUT2D eigenvalue weighted by atomic mass is 35.5. The fraction of sp³-hybridized carbons (Fsp3) is 0.222. The number of benzene rings is 2. The first kappa shape index (κ1) is 14.7. The molecule has 1 nitrogen and oxygen atoms in total. The summed E-state index contributed by atoms with van der Waals surface area (Å²) in [5.74, 6) is 0. The second kappa shape index (κ2) is 6.27. The van der Waals surface area contributed by atoms with Gasteiger partial charge in [0.25, 0.3) is 0 Å². The lowest BCUT2D eigenvalue weighted by atomic mass is 9.96. The summed E-state index contributed by atoms with van der Waals surface area (Å²) in [7, 11) is 4.10. The lowest BCUT2D eigenvalue weighted by Crippen LogP contribution is -2.21. The first-order chi connectivity index (χ1) is 10.1. The molecule has 2 aromatic rings. The van der Waals surface area contributed by atoms with E-state index in [9.17, 15) is 0 Å². The minimum atomic E-state index is -0.000729. The van der Waals surface area contributed by atoms with E-state index in [4.69, 9.17) is 11.6 Å². The van der Waals surface area contributed by atoms with Crippen LogP contribution in [0.3, 0.4) is 0 Å². The molecule has 1 atom stereocenters. The molecule has 1 unspecified atom stereocenters. The maximum Gasteiger partial charge on any atom is 0.0652 e. The van der Waals surface area contributed by atoms with Gasteiger partial charge in [-0.05, 0) is 42.9 Å². The Bertz CT molecular complexity index is 631. The van der Waals surface area contributed by atoms with Crippen LogP contribution in [-0.4, -0.2) is 30.9 Å². The third-order valence-electron chi connectivity index (χ3n) is 3.46. The Morgan fingerprint density at radius 2 is 1.52 bits per heavy atom. The summed E-state index contributed by atoms with van der Waals surface area (Å²) in [5, 5.41) is -0.000729. The molecule has 1 aliphatic heterocycles. The molecule has 0 radical (unpaired) electrons. The molecule has 0 saturated carbocycles. The van der Waals surface area contributed by atoms with Gasteiger partial charge in [-0.3, -0.25) is 0 Å². The third-order valence-corrected chi connectivity index (χ3v) is 4.88. The van der Waals surface area contributed by atoms with Crippen molar-refractivity contribution in [2.45, 2.75) is 15.2 Å². The maximum atomic E-state index is 6.52. The van der Waals surface area contributed by atoms with Crippen LogP contribution in [0, 0.1) is 0 Å². The van der Waals surface area contributed by atoms with Crippen molar-refractivity contribution in [2.75, 3.05) is 20.6 Å². The predicted octanol–water partition coefficient (Wildman–Crippen LogP) is 4.75. The quantitative estimate of drug-likeness (QED) is 0.642. The number of hydrogen-bond acceptors (Lipinski definition) is 2. The van der Waals surface area contributed by atoms with Crippen LogP contribution in [-0.2, 0) is 0 Å². The molecule has 0 aromatic heterocycles. The number of halogens is 1. The van der Waals surface area contributed by atoms with Crippen molar-refractivity contribution in [3.63, 3.8) is 0 Å². The van der Waals surface area contributed by atoms with Crippen molar-refractivity contribution in [3.05, 3.63) is 65.7 Å². The zero-order chi connectivity index (χ0) is 14.8. The monoisotopic (exact) mass is 315 g/mol. The van der Waals surface area contributed by atoms with Gasteiger partial charge in [0.1, 0.15) is 0 Å². The molecule has 1 aliphatic rings. The van der Waals surface area contributed by atoms with E-state index in [2.05, 4.69) is 59.5 Å². The van der Waals surface area contributed by atoms with Crippen molar-refractivity contribution in [3.8, 4) is 0 Å². The molecule has 0 bridgehead atoms. The first-order valence-electron chi connectivity index (χ1n) is 7.02. The van der Waals surface area contributed by atoms with Crippen LogP contribution in [0.5, 0.6) is 0 Å². The van der Waals surface area contributed by atoms with Gasteiger partial charge in [0.15, 0.2) is 0 Å². The van der Waals surface area contributed by atoms with Crippen LogP contribution >= 0.6 is 23.4 Å². The zero-order valence-corrected chi connectivity index (χ0v) is 13.8. The SMILES string of the molecule is CN(C)CC(Cl)C=C1c2ccccc2Sc2ccccc21. The molecule has 0 spiro atoms. The van der Waals surface area contributed by atoms with Crippen LogP contribution in [0.25, 0.3) is 5.57 Å². The molecule has 0 amide bonds. The molecular formula is C18H18ClNS. The van der Waals surface area contributed by atoms with Gasteiger partial charge in [-0.2, -0.15) is 0 Å². The van der Waals surface area contributed by atoms with E-state index in [1.54, 1.807) is 0 Å². The van der Waals surface area contributed by atoms with Crippen LogP contribution in [0.15, 0.2) is 64.4 Å². The molecule has 1 heterocycles. The molecule has 0 fully saturated rings. The average Bonchev–Trinajstić information content (AvgIpc) is 2.46. The number of nitrogens with zero attached hydrogens (tertiary/aromatic N) is 1. The number of hydrogen-bond donors (Lipinski definition) is 0. The van der Waals surface area contributed by atoms with Gasteiger partial charge in [-0.1, -0.05) is 54.2 Å². The molecule has 0 N–H and O–H groups in total. The smallest absolute Gasteiger partial charge is 0.0652 e. The Morgan fingerprint density at radius 1 is 1.00 bits per heavy atom. The van der Waals surface area contributed by atoms with Crippen LogP contribution in [0.1, 0.15) is 11.1 Å². The van der Waals surface area contributed by atoms with E-state index in [-0.39, 0.29) is 5.38 Å². The van der Waals surface area contributed by atoms with Crippen molar-refractivity contribution >= 4 is 28.9 Å². The molecule has 108 valence electrons. The third kappa shape index (κ3) is 3.18.